The summed E-state index contributed by atoms with van der Waals surface area (Å²) in [6, 6.07) is 0.723. The van der Waals surface area contributed by atoms with E-state index in [9.17, 15) is 0 Å². The molecule has 1 saturated carbocycles. The maximum atomic E-state index is 3.85. The minimum absolute atomic E-state index is 0.504. The molecular weight excluding hydrogens is 256 g/mol. The Hall–Kier alpha value is -0.0800. The van der Waals surface area contributed by atoms with Crippen molar-refractivity contribution in [2.75, 3.05) is 19.6 Å². The van der Waals surface area contributed by atoms with E-state index in [-0.39, 0.29) is 0 Å². The molecule has 0 amide bonds. The van der Waals surface area contributed by atoms with Crippen molar-refractivity contribution in [1.29, 1.82) is 0 Å². The molecule has 2 aliphatic rings. The summed E-state index contributed by atoms with van der Waals surface area (Å²) in [5.74, 6) is 0.916. The second-order valence-corrected chi connectivity index (χ2v) is 7.59. The third kappa shape index (κ3) is 4.45. The van der Waals surface area contributed by atoms with Crippen LogP contribution in [0.25, 0.3) is 0 Å². The Bertz CT molecular complexity index is 283. The molecule has 0 bridgehead atoms. The molecule has 124 valence electrons. The first-order valence-electron chi connectivity index (χ1n) is 9.72. The van der Waals surface area contributed by atoms with E-state index in [1.165, 1.54) is 83.8 Å². The maximum absolute atomic E-state index is 3.85. The van der Waals surface area contributed by atoms with Crippen LogP contribution in [-0.4, -0.2) is 36.1 Å². The fourth-order valence-electron chi connectivity index (χ4n) is 4.44. The lowest BCUT2D eigenvalue weighted by atomic mass is 9.77. The van der Waals surface area contributed by atoms with Gasteiger partial charge in [-0.25, -0.2) is 0 Å². The van der Waals surface area contributed by atoms with Gasteiger partial charge in [-0.1, -0.05) is 59.3 Å². The highest BCUT2D eigenvalue weighted by atomic mass is 15.3. The summed E-state index contributed by atoms with van der Waals surface area (Å²) in [5.41, 5.74) is 0.504. The molecule has 1 heterocycles. The molecule has 0 aromatic carbocycles. The number of nitrogens with one attached hydrogen (secondary N) is 1. The summed E-state index contributed by atoms with van der Waals surface area (Å²) in [6.07, 6.45) is 14.0. The van der Waals surface area contributed by atoms with Gasteiger partial charge in [0.05, 0.1) is 0 Å². The van der Waals surface area contributed by atoms with Gasteiger partial charge >= 0.3 is 0 Å². The topological polar surface area (TPSA) is 15.3 Å². The van der Waals surface area contributed by atoms with Crippen molar-refractivity contribution >= 4 is 0 Å². The van der Waals surface area contributed by atoms with E-state index in [4.69, 9.17) is 0 Å². The van der Waals surface area contributed by atoms with Gasteiger partial charge in [0.15, 0.2) is 0 Å². The van der Waals surface area contributed by atoms with Gasteiger partial charge in [0.1, 0.15) is 0 Å². The Morgan fingerprint density at radius 1 is 1.14 bits per heavy atom. The Balaban J connectivity index is 2.01. The fourth-order valence-corrected chi connectivity index (χ4v) is 4.44. The average Bonchev–Trinajstić information content (AvgIpc) is 2.54. The molecule has 1 aliphatic carbocycles. The second kappa shape index (κ2) is 8.53. The third-order valence-electron chi connectivity index (χ3n) is 6.13. The van der Waals surface area contributed by atoms with Crippen LogP contribution in [0.15, 0.2) is 0 Å². The van der Waals surface area contributed by atoms with E-state index in [1.807, 2.05) is 0 Å². The van der Waals surface area contributed by atoms with E-state index < -0.39 is 0 Å². The molecule has 0 aromatic heterocycles. The first-order valence-corrected chi connectivity index (χ1v) is 9.72. The standard InChI is InChI=1S/C19H38N2/c1-4-7-11-17(5-2)14-21-15-18(6-3)20-16-19(21)12-9-8-10-13-19/h17-18,20H,4-16H2,1-3H3. The number of unbranched alkanes of at least 4 members (excludes halogenated alkanes) is 1. The SMILES string of the molecule is CCCCC(CC)CN1CC(CC)NCC12CCCCC2. The van der Waals surface area contributed by atoms with Gasteiger partial charge in [0.2, 0.25) is 0 Å². The Morgan fingerprint density at radius 3 is 2.52 bits per heavy atom. The van der Waals surface area contributed by atoms with Crippen molar-refractivity contribution in [2.24, 2.45) is 5.92 Å². The molecular formula is C19H38N2. The average molecular weight is 295 g/mol. The molecule has 1 aliphatic heterocycles. The van der Waals surface area contributed by atoms with Crippen LogP contribution in [0.5, 0.6) is 0 Å². The van der Waals surface area contributed by atoms with Crippen LogP contribution in [0, 0.1) is 5.92 Å². The number of nitrogens with zero attached hydrogens (tertiary/aromatic N) is 1. The highest BCUT2D eigenvalue weighted by molar-refractivity contribution is 5.00. The Kier molecular flexibility index (Phi) is 7.01. The largest absolute Gasteiger partial charge is 0.311 e. The predicted octanol–water partition coefficient (Wildman–Crippen LogP) is 4.59. The van der Waals surface area contributed by atoms with Crippen molar-refractivity contribution in [3.63, 3.8) is 0 Å². The van der Waals surface area contributed by atoms with Gasteiger partial charge in [-0.05, 0) is 31.6 Å². The van der Waals surface area contributed by atoms with Crippen molar-refractivity contribution in [2.45, 2.75) is 96.6 Å². The van der Waals surface area contributed by atoms with Gasteiger partial charge < -0.3 is 5.32 Å². The highest BCUT2D eigenvalue weighted by Gasteiger charge is 2.42. The normalized spacial score (nSPS) is 27.9. The van der Waals surface area contributed by atoms with Crippen molar-refractivity contribution in [1.82, 2.24) is 10.2 Å². The summed E-state index contributed by atoms with van der Waals surface area (Å²) in [4.78, 5) is 2.93. The number of hydrogen-bond donors (Lipinski definition) is 1. The zero-order valence-corrected chi connectivity index (χ0v) is 14.8. The first kappa shape index (κ1) is 17.3. The molecule has 1 N–H and O–H groups in total. The molecule has 1 saturated heterocycles. The lowest BCUT2D eigenvalue weighted by Gasteiger charge is -2.53. The second-order valence-electron chi connectivity index (χ2n) is 7.59. The quantitative estimate of drug-likeness (QED) is 0.739. The van der Waals surface area contributed by atoms with E-state index in [0.29, 0.717) is 5.54 Å². The van der Waals surface area contributed by atoms with E-state index >= 15 is 0 Å². The van der Waals surface area contributed by atoms with Crippen molar-refractivity contribution in [3.8, 4) is 0 Å². The summed E-state index contributed by atoms with van der Waals surface area (Å²) in [6.45, 7) is 11.0. The van der Waals surface area contributed by atoms with Gasteiger partial charge in [0, 0.05) is 31.2 Å². The molecule has 2 fully saturated rings. The Labute approximate surface area is 133 Å². The minimum atomic E-state index is 0.504. The predicted molar refractivity (Wildman–Crippen MR) is 92.8 cm³/mol. The molecule has 2 atom stereocenters. The first-order chi connectivity index (χ1) is 10.2. The lowest BCUT2D eigenvalue weighted by Crippen LogP contribution is -2.65. The van der Waals surface area contributed by atoms with E-state index in [2.05, 4.69) is 31.0 Å². The van der Waals surface area contributed by atoms with Gasteiger partial charge in [-0.2, -0.15) is 0 Å². The van der Waals surface area contributed by atoms with Crippen LogP contribution in [0.3, 0.4) is 0 Å². The summed E-state index contributed by atoms with van der Waals surface area (Å²) >= 11 is 0. The van der Waals surface area contributed by atoms with Gasteiger partial charge in [-0.15, -0.1) is 0 Å². The van der Waals surface area contributed by atoms with Crippen molar-refractivity contribution < 1.29 is 0 Å². The zero-order valence-electron chi connectivity index (χ0n) is 14.8. The summed E-state index contributed by atoms with van der Waals surface area (Å²) < 4.78 is 0. The summed E-state index contributed by atoms with van der Waals surface area (Å²) in [7, 11) is 0. The Morgan fingerprint density at radius 2 is 1.90 bits per heavy atom. The number of piperazine rings is 1. The van der Waals surface area contributed by atoms with Crippen LogP contribution in [-0.2, 0) is 0 Å². The molecule has 0 radical (unpaired) electrons. The summed E-state index contributed by atoms with van der Waals surface area (Å²) in [5, 5.41) is 3.85. The highest BCUT2D eigenvalue weighted by Crippen LogP contribution is 2.36. The molecule has 2 rings (SSSR count). The number of hydrogen-bond acceptors (Lipinski definition) is 2. The lowest BCUT2D eigenvalue weighted by molar-refractivity contribution is -0.00332. The van der Waals surface area contributed by atoms with Crippen LogP contribution < -0.4 is 5.32 Å². The van der Waals surface area contributed by atoms with Crippen LogP contribution in [0.2, 0.25) is 0 Å². The molecule has 2 nitrogen and oxygen atoms in total. The third-order valence-corrected chi connectivity index (χ3v) is 6.13. The number of rotatable bonds is 7. The monoisotopic (exact) mass is 294 g/mol. The van der Waals surface area contributed by atoms with Crippen molar-refractivity contribution in [3.05, 3.63) is 0 Å². The maximum Gasteiger partial charge on any atom is 0.0334 e. The zero-order chi connectivity index (χ0) is 15.1. The molecule has 21 heavy (non-hydrogen) atoms. The van der Waals surface area contributed by atoms with Crippen LogP contribution in [0.1, 0.15) is 85.0 Å². The molecule has 1 spiro atoms. The van der Waals surface area contributed by atoms with E-state index in [1.54, 1.807) is 0 Å². The minimum Gasteiger partial charge on any atom is -0.311 e. The van der Waals surface area contributed by atoms with Crippen LogP contribution in [0.4, 0.5) is 0 Å². The fraction of sp³-hybridized carbons (Fsp3) is 1.00. The molecule has 0 aromatic rings. The smallest absolute Gasteiger partial charge is 0.0334 e. The molecule has 2 unspecified atom stereocenters. The molecule has 2 heteroatoms. The van der Waals surface area contributed by atoms with E-state index in [0.717, 1.165) is 12.0 Å². The van der Waals surface area contributed by atoms with Crippen LogP contribution >= 0.6 is 0 Å². The van der Waals surface area contributed by atoms with Gasteiger partial charge in [-0.3, -0.25) is 4.90 Å². The van der Waals surface area contributed by atoms with Gasteiger partial charge in [0.25, 0.3) is 0 Å².